The predicted octanol–water partition coefficient (Wildman–Crippen LogP) is 4.10. The third-order valence-electron chi connectivity index (χ3n) is 4.67. The van der Waals surface area contributed by atoms with Gasteiger partial charge < -0.3 is 11.1 Å². The topological polar surface area (TPSA) is 90.0 Å². The summed E-state index contributed by atoms with van der Waals surface area (Å²) in [5, 5.41) is 7.50. The number of carbonyl (C=O) groups is 2. The van der Waals surface area contributed by atoms with E-state index in [2.05, 4.69) is 62.4 Å². The molecule has 0 aliphatic carbocycles. The van der Waals surface area contributed by atoms with E-state index in [1.807, 2.05) is 17.7 Å². The van der Waals surface area contributed by atoms with Crippen molar-refractivity contribution >= 4 is 17.6 Å². The highest BCUT2D eigenvalue weighted by atomic mass is 16.2. The van der Waals surface area contributed by atoms with E-state index in [0.29, 0.717) is 12.2 Å². The van der Waals surface area contributed by atoms with Crippen molar-refractivity contribution in [2.24, 2.45) is 11.7 Å². The molecule has 1 unspecified atom stereocenters. The van der Waals surface area contributed by atoms with Crippen LogP contribution >= 0.6 is 0 Å². The van der Waals surface area contributed by atoms with Crippen LogP contribution in [0.2, 0.25) is 0 Å². The number of anilines is 1. The van der Waals surface area contributed by atoms with Crippen LogP contribution in [-0.2, 0) is 21.5 Å². The van der Waals surface area contributed by atoms with E-state index in [1.165, 1.54) is 5.56 Å². The molecule has 2 aromatic rings. The Morgan fingerprint density at radius 1 is 1.21 bits per heavy atom. The van der Waals surface area contributed by atoms with Gasteiger partial charge in [0, 0.05) is 24.0 Å². The van der Waals surface area contributed by atoms with Gasteiger partial charge in [0.05, 0.1) is 11.2 Å². The zero-order valence-electron chi connectivity index (χ0n) is 17.6. The lowest BCUT2D eigenvalue weighted by Gasteiger charge is -2.22. The molecule has 0 aliphatic heterocycles. The number of aromatic nitrogens is 2. The maximum absolute atomic E-state index is 12.6. The number of nitrogens with one attached hydrogen (secondary N) is 1. The Morgan fingerprint density at radius 2 is 1.93 bits per heavy atom. The van der Waals surface area contributed by atoms with Crippen LogP contribution in [0, 0.1) is 5.92 Å². The number of nitrogens with two attached hydrogens (primary N) is 1. The molecule has 6 heteroatoms. The molecule has 0 bridgehead atoms. The predicted molar refractivity (Wildman–Crippen MR) is 113 cm³/mol. The van der Waals surface area contributed by atoms with Crippen molar-refractivity contribution in [3.05, 3.63) is 35.9 Å². The zero-order valence-corrected chi connectivity index (χ0v) is 17.6. The third-order valence-corrected chi connectivity index (χ3v) is 4.67. The van der Waals surface area contributed by atoms with Crippen LogP contribution in [0.25, 0.3) is 11.3 Å². The fourth-order valence-corrected chi connectivity index (χ4v) is 3.23. The molecule has 2 amide bonds. The molecule has 0 aliphatic rings. The highest BCUT2D eigenvalue weighted by Gasteiger charge is 2.24. The fraction of sp³-hybridized carbons (Fsp3) is 0.500. The van der Waals surface area contributed by atoms with Crippen molar-refractivity contribution < 1.29 is 9.59 Å². The van der Waals surface area contributed by atoms with Gasteiger partial charge in [0.1, 0.15) is 0 Å². The SMILES string of the molecule is CCCc1cccc(-c2cc(NC(=O)C(CC)CC(N)=O)nn2C(C)(C)C)c1. The Hall–Kier alpha value is -2.63. The van der Waals surface area contributed by atoms with E-state index in [0.717, 1.165) is 24.1 Å². The number of carbonyl (C=O) groups excluding carboxylic acids is 2. The van der Waals surface area contributed by atoms with Crippen LogP contribution in [0.1, 0.15) is 59.4 Å². The number of rotatable bonds is 8. The number of hydrogen-bond acceptors (Lipinski definition) is 3. The molecule has 1 heterocycles. The lowest BCUT2D eigenvalue weighted by Crippen LogP contribution is -2.28. The van der Waals surface area contributed by atoms with E-state index in [-0.39, 0.29) is 17.9 Å². The first-order chi connectivity index (χ1) is 13.2. The minimum Gasteiger partial charge on any atom is -0.370 e. The number of aryl methyl sites for hydroxylation is 1. The summed E-state index contributed by atoms with van der Waals surface area (Å²) in [6.07, 6.45) is 2.68. The first-order valence-corrected chi connectivity index (χ1v) is 9.94. The van der Waals surface area contributed by atoms with Crippen LogP contribution in [0.4, 0.5) is 5.82 Å². The Labute approximate surface area is 167 Å². The lowest BCUT2D eigenvalue weighted by molar-refractivity contribution is -0.125. The quantitative estimate of drug-likeness (QED) is 0.718. The number of benzene rings is 1. The largest absolute Gasteiger partial charge is 0.370 e. The molecule has 0 saturated heterocycles. The first kappa shape index (κ1) is 21.7. The molecule has 6 nitrogen and oxygen atoms in total. The molecule has 152 valence electrons. The minimum atomic E-state index is -0.476. The maximum Gasteiger partial charge on any atom is 0.229 e. The number of hydrogen-bond donors (Lipinski definition) is 2. The third kappa shape index (κ3) is 5.44. The fourth-order valence-electron chi connectivity index (χ4n) is 3.23. The summed E-state index contributed by atoms with van der Waals surface area (Å²) >= 11 is 0. The summed E-state index contributed by atoms with van der Waals surface area (Å²) in [5.74, 6) is -0.672. The van der Waals surface area contributed by atoms with Crippen molar-refractivity contribution in [3.63, 3.8) is 0 Å². The van der Waals surface area contributed by atoms with Crippen molar-refractivity contribution in [1.82, 2.24) is 9.78 Å². The molecule has 1 aromatic heterocycles. The molecule has 1 atom stereocenters. The van der Waals surface area contributed by atoms with E-state index < -0.39 is 11.8 Å². The second kappa shape index (κ2) is 9.04. The summed E-state index contributed by atoms with van der Waals surface area (Å²) in [6.45, 7) is 10.3. The average Bonchev–Trinajstić information content (AvgIpc) is 3.04. The van der Waals surface area contributed by atoms with Gasteiger partial charge >= 0.3 is 0 Å². The molecular weight excluding hydrogens is 352 g/mol. The smallest absolute Gasteiger partial charge is 0.229 e. The van der Waals surface area contributed by atoms with Crippen LogP contribution in [-0.4, -0.2) is 21.6 Å². The number of primary amides is 1. The molecule has 3 N–H and O–H groups in total. The average molecular weight is 385 g/mol. The van der Waals surface area contributed by atoms with Crippen molar-refractivity contribution in [1.29, 1.82) is 0 Å². The molecule has 0 fully saturated rings. The van der Waals surface area contributed by atoms with E-state index in [4.69, 9.17) is 5.73 Å². The van der Waals surface area contributed by atoms with Crippen LogP contribution in [0.15, 0.2) is 30.3 Å². The van der Waals surface area contributed by atoms with Crippen molar-refractivity contribution in [2.45, 2.75) is 65.8 Å². The molecule has 0 radical (unpaired) electrons. The number of amides is 2. The van der Waals surface area contributed by atoms with Gasteiger partial charge in [-0.15, -0.1) is 0 Å². The Kier molecular flexibility index (Phi) is 7.00. The van der Waals surface area contributed by atoms with Crippen molar-refractivity contribution in [2.75, 3.05) is 5.32 Å². The summed E-state index contributed by atoms with van der Waals surface area (Å²) in [6, 6.07) is 10.3. The molecule has 0 spiro atoms. The highest BCUT2D eigenvalue weighted by Crippen LogP contribution is 2.29. The molecule has 28 heavy (non-hydrogen) atoms. The van der Waals surface area contributed by atoms with Crippen LogP contribution < -0.4 is 11.1 Å². The lowest BCUT2D eigenvalue weighted by atomic mass is 10.0. The highest BCUT2D eigenvalue weighted by molar-refractivity contribution is 5.94. The Balaban J connectivity index is 2.37. The van der Waals surface area contributed by atoms with Crippen LogP contribution in [0.5, 0.6) is 0 Å². The molecule has 1 aromatic carbocycles. The summed E-state index contributed by atoms with van der Waals surface area (Å²) in [4.78, 5) is 23.8. The van der Waals surface area contributed by atoms with Gasteiger partial charge in [0.2, 0.25) is 11.8 Å². The summed E-state index contributed by atoms with van der Waals surface area (Å²) in [5.41, 5.74) is 8.30. The van der Waals surface area contributed by atoms with Gasteiger partial charge in [-0.1, -0.05) is 38.5 Å². The van der Waals surface area contributed by atoms with Gasteiger partial charge in [-0.2, -0.15) is 5.10 Å². The van der Waals surface area contributed by atoms with E-state index in [9.17, 15) is 9.59 Å². The Bertz CT molecular complexity index is 833. The minimum absolute atomic E-state index is 0.0359. The summed E-state index contributed by atoms with van der Waals surface area (Å²) in [7, 11) is 0. The standard InChI is InChI=1S/C22H32N4O2/c1-6-9-15-10-8-11-17(12-15)18-14-20(25-26(18)22(3,4)5)24-21(28)16(7-2)13-19(23)27/h8,10-12,14,16H,6-7,9,13H2,1-5H3,(H2,23,27)(H,24,25,28). The Morgan fingerprint density at radius 3 is 2.50 bits per heavy atom. The van der Waals surface area contributed by atoms with Gasteiger partial charge in [0.25, 0.3) is 0 Å². The van der Waals surface area contributed by atoms with Crippen molar-refractivity contribution in [3.8, 4) is 11.3 Å². The molecule has 2 rings (SSSR count). The normalized spacial score (nSPS) is 12.6. The monoisotopic (exact) mass is 384 g/mol. The van der Waals surface area contributed by atoms with Gasteiger partial charge in [-0.05, 0) is 45.2 Å². The van der Waals surface area contributed by atoms with E-state index in [1.54, 1.807) is 0 Å². The van der Waals surface area contributed by atoms with Gasteiger partial charge in [-0.25, -0.2) is 0 Å². The number of nitrogens with zero attached hydrogens (tertiary/aromatic N) is 2. The molecular formula is C22H32N4O2. The van der Waals surface area contributed by atoms with Crippen LogP contribution in [0.3, 0.4) is 0 Å². The first-order valence-electron chi connectivity index (χ1n) is 9.94. The van der Waals surface area contributed by atoms with Gasteiger partial charge in [0.15, 0.2) is 5.82 Å². The second-order valence-electron chi connectivity index (χ2n) is 8.21. The zero-order chi connectivity index (χ0) is 20.9. The summed E-state index contributed by atoms with van der Waals surface area (Å²) < 4.78 is 1.93. The maximum atomic E-state index is 12.6. The van der Waals surface area contributed by atoms with E-state index >= 15 is 0 Å². The van der Waals surface area contributed by atoms with Gasteiger partial charge in [-0.3, -0.25) is 14.3 Å². The molecule has 0 saturated carbocycles. The second-order valence-corrected chi connectivity index (χ2v) is 8.21.